The topological polar surface area (TPSA) is 98.7 Å². The fraction of sp³-hybridized carbons (Fsp3) is 0.200. The average molecular weight is 417 g/mol. The molecule has 0 bridgehead atoms. The molecule has 0 saturated heterocycles. The maximum absolute atomic E-state index is 11.5. The molecule has 1 aliphatic rings. The molecule has 0 spiro atoms. The van der Waals surface area contributed by atoms with Gasteiger partial charge in [0, 0.05) is 28.4 Å². The molecule has 1 aromatic heterocycles. The van der Waals surface area contributed by atoms with Crippen LogP contribution in [0, 0.1) is 0 Å². The summed E-state index contributed by atoms with van der Waals surface area (Å²) >= 11 is 1.46. The van der Waals surface area contributed by atoms with Gasteiger partial charge < -0.3 is 15.5 Å². The average Bonchev–Trinajstić information content (AvgIpc) is 3.11. The summed E-state index contributed by atoms with van der Waals surface area (Å²) in [6.07, 6.45) is 0.358. The van der Waals surface area contributed by atoms with E-state index >= 15 is 0 Å². The molecule has 0 amide bonds. The van der Waals surface area contributed by atoms with Crippen LogP contribution in [0.3, 0.4) is 0 Å². The number of phenols is 1. The highest BCUT2D eigenvalue weighted by Gasteiger charge is 2.27. The minimum absolute atomic E-state index is 0.143. The van der Waals surface area contributed by atoms with Gasteiger partial charge in [-0.3, -0.25) is 0 Å². The molecule has 8 heteroatoms. The van der Waals surface area contributed by atoms with E-state index in [2.05, 4.69) is 10.0 Å². The lowest BCUT2D eigenvalue weighted by Crippen LogP contribution is -2.25. The van der Waals surface area contributed by atoms with Gasteiger partial charge in [0.2, 0.25) is 10.0 Å². The third kappa shape index (κ3) is 3.40. The molecule has 2 unspecified atom stereocenters. The summed E-state index contributed by atoms with van der Waals surface area (Å²) in [6, 6.07) is 12.4. The van der Waals surface area contributed by atoms with Gasteiger partial charge in [0.15, 0.2) is 6.23 Å². The summed E-state index contributed by atoms with van der Waals surface area (Å²) in [5.74, 6) is 0.143. The summed E-state index contributed by atoms with van der Waals surface area (Å²) < 4.78 is 25.5. The Morgan fingerprint density at radius 2 is 1.82 bits per heavy atom. The van der Waals surface area contributed by atoms with Crippen LogP contribution in [0.25, 0.3) is 22.3 Å². The van der Waals surface area contributed by atoms with Crippen LogP contribution in [0.1, 0.15) is 29.6 Å². The SMILES string of the molecule is CC(NS(C)(=O)=O)c1ccc(-c2c(O)ccc3c2-c2ccsc2C(O)N3)cc1. The molecule has 2 aromatic carbocycles. The molecule has 0 radical (unpaired) electrons. The quantitative estimate of drug-likeness (QED) is 0.485. The Kier molecular flexibility index (Phi) is 4.67. The number of phenolic OH excluding ortho intramolecular Hbond substituents is 1. The van der Waals surface area contributed by atoms with Crippen molar-refractivity contribution in [3.8, 4) is 28.0 Å². The molecule has 0 saturated carbocycles. The highest BCUT2D eigenvalue weighted by atomic mass is 32.2. The number of sulfonamides is 1. The van der Waals surface area contributed by atoms with Crippen molar-refractivity contribution in [3.05, 3.63) is 58.3 Å². The largest absolute Gasteiger partial charge is 0.507 e. The fourth-order valence-corrected chi connectivity index (χ4v) is 5.18. The van der Waals surface area contributed by atoms with Crippen LogP contribution in [0.15, 0.2) is 47.8 Å². The van der Waals surface area contributed by atoms with E-state index in [9.17, 15) is 18.6 Å². The third-order valence-electron chi connectivity index (χ3n) is 4.78. The van der Waals surface area contributed by atoms with Crippen molar-refractivity contribution in [2.24, 2.45) is 0 Å². The molecule has 3 aromatic rings. The second-order valence-corrected chi connectivity index (χ2v) is 9.59. The first kappa shape index (κ1) is 18.9. The number of benzene rings is 2. The second kappa shape index (κ2) is 6.89. The van der Waals surface area contributed by atoms with E-state index in [0.29, 0.717) is 5.56 Å². The van der Waals surface area contributed by atoms with Gasteiger partial charge >= 0.3 is 0 Å². The predicted molar refractivity (Wildman–Crippen MR) is 112 cm³/mol. The number of nitrogens with one attached hydrogen (secondary N) is 2. The minimum Gasteiger partial charge on any atom is -0.507 e. The highest BCUT2D eigenvalue weighted by molar-refractivity contribution is 7.88. The normalized spacial score (nSPS) is 16.8. The van der Waals surface area contributed by atoms with Crippen molar-refractivity contribution >= 4 is 27.0 Å². The number of aliphatic hydroxyl groups excluding tert-OH is 1. The zero-order valence-electron chi connectivity index (χ0n) is 15.3. The molecule has 146 valence electrons. The van der Waals surface area contributed by atoms with Gasteiger partial charge in [-0.05, 0) is 41.6 Å². The first-order chi connectivity index (χ1) is 13.2. The molecule has 4 N–H and O–H groups in total. The molecule has 28 heavy (non-hydrogen) atoms. The summed E-state index contributed by atoms with van der Waals surface area (Å²) in [7, 11) is -3.31. The summed E-state index contributed by atoms with van der Waals surface area (Å²) in [6.45, 7) is 1.78. The molecular formula is C20H20N2O4S2. The Bertz CT molecular complexity index is 1140. The number of fused-ring (bicyclic) bond motifs is 3. The van der Waals surface area contributed by atoms with Crippen molar-refractivity contribution in [3.63, 3.8) is 0 Å². The Morgan fingerprint density at radius 1 is 1.11 bits per heavy atom. The molecule has 0 aliphatic carbocycles. The van der Waals surface area contributed by atoms with Crippen molar-refractivity contribution in [2.75, 3.05) is 11.6 Å². The first-order valence-corrected chi connectivity index (χ1v) is 11.5. The number of anilines is 1. The van der Waals surface area contributed by atoms with Gasteiger partial charge in [-0.2, -0.15) is 0 Å². The molecule has 6 nitrogen and oxygen atoms in total. The standard InChI is InChI=1S/C20H20N2O4S2/c1-11(22-28(2,25)26)12-3-5-13(6-4-12)17-16(23)8-7-15-18(17)14-9-10-27-19(14)20(24)21-15/h3-11,20-24H,1-2H3. The van der Waals surface area contributed by atoms with Crippen LogP contribution in [0.5, 0.6) is 5.75 Å². The molecule has 2 heterocycles. The maximum atomic E-state index is 11.5. The number of thiophene rings is 1. The maximum Gasteiger partial charge on any atom is 0.209 e. The smallest absolute Gasteiger partial charge is 0.209 e. The minimum atomic E-state index is -3.31. The number of hydrogen-bond acceptors (Lipinski definition) is 6. The van der Waals surface area contributed by atoms with Crippen LogP contribution >= 0.6 is 11.3 Å². The van der Waals surface area contributed by atoms with Crippen LogP contribution in [0.4, 0.5) is 5.69 Å². The molecular weight excluding hydrogens is 396 g/mol. The van der Waals surface area contributed by atoms with Gasteiger partial charge in [0.25, 0.3) is 0 Å². The Balaban J connectivity index is 1.79. The highest BCUT2D eigenvalue weighted by Crippen LogP contribution is 2.50. The Morgan fingerprint density at radius 3 is 2.50 bits per heavy atom. The lowest BCUT2D eigenvalue weighted by Gasteiger charge is -2.26. The van der Waals surface area contributed by atoms with Crippen LogP contribution < -0.4 is 10.0 Å². The Hall–Kier alpha value is -2.39. The number of aromatic hydroxyl groups is 1. The van der Waals surface area contributed by atoms with E-state index in [4.69, 9.17) is 0 Å². The molecule has 1 aliphatic heterocycles. The monoisotopic (exact) mass is 416 g/mol. The molecule has 2 atom stereocenters. The van der Waals surface area contributed by atoms with Crippen molar-refractivity contribution in [1.29, 1.82) is 0 Å². The van der Waals surface area contributed by atoms with E-state index in [1.54, 1.807) is 19.1 Å². The number of rotatable bonds is 4. The lowest BCUT2D eigenvalue weighted by atomic mass is 9.89. The van der Waals surface area contributed by atoms with Crippen LogP contribution in [-0.2, 0) is 10.0 Å². The molecule has 4 rings (SSSR count). The van der Waals surface area contributed by atoms with E-state index in [0.717, 1.165) is 39.1 Å². The van der Waals surface area contributed by atoms with Crippen LogP contribution in [-0.4, -0.2) is 24.9 Å². The lowest BCUT2D eigenvalue weighted by molar-refractivity contribution is 0.211. The van der Waals surface area contributed by atoms with E-state index in [-0.39, 0.29) is 11.8 Å². The van der Waals surface area contributed by atoms with E-state index in [1.165, 1.54) is 11.3 Å². The van der Waals surface area contributed by atoms with Crippen molar-refractivity contribution in [2.45, 2.75) is 19.2 Å². The van der Waals surface area contributed by atoms with Crippen LogP contribution in [0.2, 0.25) is 0 Å². The second-order valence-electron chi connectivity index (χ2n) is 6.86. The number of aliphatic hydroxyl groups is 1. The zero-order valence-corrected chi connectivity index (χ0v) is 16.9. The summed E-state index contributed by atoms with van der Waals surface area (Å²) in [5.41, 5.74) is 4.79. The van der Waals surface area contributed by atoms with E-state index < -0.39 is 16.3 Å². The summed E-state index contributed by atoms with van der Waals surface area (Å²) in [4.78, 5) is 0.807. The first-order valence-electron chi connectivity index (χ1n) is 8.70. The zero-order chi connectivity index (χ0) is 20.1. The third-order valence-corrected chi connectivity index (χ3v) is 6.53. The van der Waals surface area contributed by atoms with Crippen molar-refractivity contribution < 1.29 is 18.6 Å². The fourth-order valence-electron chi connectivity index (χ4n) is 3.56. The molecule has 0 fully saturated rings. The predicted octanol–water partition coefficient (Wildman–Crippen LogP) is 3.81. The van der Waals surface area contributed by atoms with Gasteiger partial charge in [-0.25, -0.2) is 13.1 Å². The Labute approximate surface area is 167 Å². The summed E-state index contributed by atoms with van der Waals surface area (Å²) in [5, 5.41) is 25.9. The van der Waals surface area contributed by atoms with Crippen molar-refractivity contribution in [1.82, 2.24) is 4.72 Å². The van der Waals surface area contributed by atoms with E-state index in [1.807, 2.05) is 35.7 Å². The van der Waals surface area contributed by atoms with Gasteiger partial charge in [0.1, 0.15) is 5.75 Å². The van der Waals surface area contributed by atoms with Gasteiger partial charge in [0.05, 0.1) is 11.1 Å². The van der Waals surface area contributed by atoms with Gasteiger partial charge in [-0.1, -0.05) is 24.3 Å². The van der Waals surface area contributed by atoms with Gasteiger partial charge in [-0.15, -0.1) is 11.3 Å². The number of hydrogen-bond donors (Lipinski definition) is 4.